The smallest absolute Gasteiger partial charge is 0.0376 e. The minimum atomic E-state index is -0.168. The average Bonchev–Trinajstić information content (AvgIpc) is 3.33. The summed E-state index contributed by atoms with van der Waals surface area (Å²) in [6.07, 6.45) is 18.6. The largest absolute Gasteiger partial charge is 0.269 e. The van der Waals surface area contributed by atoms with Gasteiger partial charge in [-0.05, 0) is 173 Å². The van der Waals surface area contributed by atoms with Crippen LogP contribution >= 0.6 is 0 Å². The molecular formula is C63H130N2. The predicted octanol–water partition coefficient (Wildman–Crippen LogP) is 21.2. The quantitative estimate of drug-likeness (QED) is 0.0555. The predicted molar refractivity (Wildman–Crippen MR) is 299 cm³/mol. The summed E-state index contributed by atoms with van der Waals surface area (Å²) in [6, 6.07) is 0. The molecule has 0 saturated carbocycles. The second kappa shape index (κ2) is 21.3. The van der Waals surface area contributed by atoms with Gasteiger partial charge < -0.3 is 0 Å². The summed E-state index contributed by atoms with van der Waals surface area (Å²) < 4.78 is 0. The van der Waals surface area contributed by atoms with E-state index < -0.39 is 0 Å². The summed E-state index contributed by atoms with van der Waals surface area (Å²) in [5.41, 5.74) is 0.412. The van der Waals surface area contributed by atoms with Gasteiger partial charge in [-0.25, -0.2) is 5.01 Å². The van der Waals surface area contributed by atoms with Gasteiger partial charge in [0.05, 0.1) is 0 Å². The van der Waals surface area contributed by atoms with Crippen molar-refractivity contribution in [2.24, 2.45) is 81.7 Å². The van der Waals surface area contributed by atoms with E-state index in [-0.39, 0.29) is 81.3 Å². The molecule has 2 nitrogen and oxygen atoms in total. The molecule has 392 valence electrons. The summed E-state index contributed by atoms with van der Waals surface area (Å²) in [5, 5.41) is 2.11. The van der Waals surface area contributed by atoms with Gasteiger partial charge in [-0.2, -0.15) is 0 Å². The van der Waals surface area contributed by atoms with Crippen LogP contribution in [0.4, 0.5) is 0 Å². The average molecular weight is 916 g/mol. The van der Waals surface area contributed by atoms with Crippen molar-refractivity contribution < 1.29 is 0 Å². The van der Waals surface area contributed by atoms with E-state index in [0.717, 1.165) is 38.5 Å². The normalized spacial score (nSPS) is 26.3. The Bertz CT molecular complexity index is 1480. The maximum Gasteiger partial charge on any atom is 0.0376 e. The lowest BCUT2D eigenvalue weighted by Crippen LogP contribution is -2.72. The van der Waals surface area contributed by atoms with Gasteiger partial charge >= 0.3 is 0 Å². The summed E-state index contributed by atoms with van der Waals surface area (Å²) in [7, 11) is 2.15. The van der Waals surface area contributed by atoms with Gasteiger partial charge in [0.15, 0.2) is 0 Å². The first-order valence-corrected chi connectivity index (χ1v) is 28.9. The van der Waals surface area contributed by atoms with Crippen molar-refractivity contribution >= 4 is 0 Å². The summed E-state index contributed by atoms with van der Waals surface area (Å²) >= 11 is 0. The molecule has 2 heteroatoms. The fraction of sp³-hybridized carbons (Fsp3) is 1.00. The second-order valence-electron chi connectivity index (χ2n) is 26.4. The van der Waals surface area contributed by atoms with Crippen LogP contribution in [0.3, 0.4) is 0 Å². The van der Waals surface area contributed by atoms with Crippen LogP contribution in [-0.2, 0) is 0 Å². The molecule has 0 aliphatic carbocycles. The lowest BCUT2D eigenvalue weighted by Gasteiger charge is -2.78. The highest BCUT2D eigenvalue weighted by Gasteiger charge is 2.76. The van der Waals surface area contributed by atoms with Gasteiger partial charge in [0, 0.05) is 12.6 Å². The molecule has 0 rings (SSSR count). The van der Waals surface area contributed by atoms with E-state index in [1.807, 2.05) is 0 Å². The topological polar surface area (TPSA) is 29.3 Å². The van der Waals surface area contributed by atoms with Crippen LogP contribution in [0.1, 0.15) is 317 Å². The Hall–Kier alpha value is -0.0800. The van der Waals surface area contributed by atoms with Crippen molar-refractivity contribution in [2.75, 3.05) is 7.05 Å². The maximum absolute atomic E-state index is 7.04. The number of rotatable bonds is 31. The molecule has 0 amide bonds. The highest BCUT2D eigenvalue weighted by Crippen LogP contribution is 2.82. The highest BCUT2D eigenvalue weighted by molar-refractivity contribution is 5.24. The van der Waals surface area contributed by atoms with Crippen molar-refractivity contribution in [3.05, 3.63) is 0 Å². The first kappa shape index (κ1) is 64.9. The number of nitrogens with two attached hydrogens (primary N) is 1. The molecule has 0 aromatic carbocycles. The molecule has 0 radical (unpaired) electrons. The number of hydrazine groups is 1. The third-order valence-corrected chi connectivity index (χ3v) is 29.4. The molecule has 0 heterocycles. The third kappa shape index (κ3) is 7.57. The Morgan fingerprint density at radius 1 is 0.215 bits per heavy atom. The molecule has 0 bridgehead atoms. The summed E-state index contributed by atoms with van der Waals surface area (Å²) in [6.45, 7) is 82.4. The van der Waals surface area contributed by atoms with Gasteiger partial charge in [-0.1, -0.05) is 221 Å². The molecule has 0 aliphatic rings. The first-order chi connectivity index (χ1) is 29.4. The van der Waals surface area contributed by atoms with E-state index in [4.69, 9.17) is 5.84 Å². The lowest BCUT2D eigenvalue weighted by molar-refractivity contribution is -0.298. The molecule has 0 aliphatic heterocycles. The van der Waals surface area contributed by atoms with Crippen LogP contribution in [0.25, 0.3) is 0 Å². The molecule has 65 heavy (non-hydrogen) atoms. The number of nitrogens with zero attached hydrogens (tertiary/aromatic N) is 1. The Morgan fingerprint density at radius 2 is 0.354 bits per heavy atom. The van der Waals surface area contributed by atoms with Gasteiger partial charge in [0.25, 0.3) is 0 Å². The van der Waals surface area contributed by atoms with Gasteiger partial charge in [0.2, 0.25) is 0 Å². The van der Waals surface area contributed by atoms with Crippen molar-refractivity contribution in [1.29, 1.82) is 0 Å². The monoisotopic (exact) mass is 915 g/mol. The zero-order valence-corrected chi connectivity index (χ0v) is 51.8. The van der Waals surface area contributed by atoms with Crippen LogP contribution in [0, 0.1) is 75.8 Å². The van der Waals surface area contributed by atoms with E-state index >= 15 is 0 Å². The zero-order valence-electron chi connectivity index (χ0n) is 51.8. The van der Waals surface area contributed by atoms with Gasteiger partial charge in [-0.15, -0.1) is 0 Å². The van der Waals surface area contributed by atoms with E-state index in [0.29, 0.717) is 0 Å². The number of hydrogen-bond donors (Lipinski definition) is 1. The number of hydrogen-bond acceptors (Lipinski definition) is 2. The molecule has 14 unspecified atom stereocenters. The Labute approximate surface area is 414 Å². The molecule has 0 fully saturated rings. The molecule has 14 atom stereocenters. The Kier molecular flexibility index (Phi) is 21.3. The Balaban J connectivity index is 9.40. The van der Waals surface area contributed by atoms with E-state index in [1.165, 1.54) is 64.2 Å². The summed E-state index contributed by atoms with van der Waals surface area (Å²) in [4.78, 5) is 0. The lowest BCUT2D eigenvalue weighted by atomic mass is 9.26. The van der Waals surface area contributed by atoms with Crippen LogP contribution in [-0.4, -0.2) is 17.6 Å². The molecule has 0 saturated heterocycles. The van der Waals surface area contributed by atoms with E-state index in [9.17, 15) is 0 Å². The molecule has 0 aromatic rings. The van der Waals surface area contributed by atoms with E-state index in [2.05, 4.69) is 227 Å². The SMILES string of the molecule is CCC(C)(CC)C(C)(CC)C(C)(CC)C(C)(CC)C(C)(CC)C(C)(CC)C(C)(CC)C(C)(CC)C(C)(CC)C(C)(CC)C(C)(CC)C(C)(CC)C(C)(CC)C(C)(CC)C(C)(CC)N(C)N. The van der Waals surface area contributed by atoms with Crippen molar-refractivity contribution in [3.8, 4) is 0 Å². The molecule has 0 aromatic heterocycles. The second-order valence-corrected chi connectivity index (χ2v) is 26.4. The van der Waals surface area contributed by atoms with Crippen LogP contribution < -0.4 is 5.84 Å². The standard InChI is InChI=1S/C63H130N2/c1-33-49(17,34-2)50(18,35-3)51(19,36-4)52(20,37-5)53(21,38-6)54(22,39-7)55(23,40-8)56(24,41-9)57(25,42-10)58(26,43-11)59(27,44-12)60(28,45-13)61(29,46-14)62(30,47-15)63(31,48-16)65(32)64/h33-48,64H2,1-32H3. The van der Waals surface area contributed by atoms with Gasteiger partial charge in [-0.3, -0.25) is 5.84 Å². The fourth-order valence-electron chi connectivity index (χ4n) is 20.2. The van der Waals surface area contributed by atoms with Crippen molar-refractivity contribution in [3.63, 3.8) is 0 Å². The zero-order chi connectivity index (χ0) is 52.4. The minimum Gasteiger partial charge on any atom is -0.269 e. The van der Waals surface area contributed by atoms with Crippen LogP contribution in [0.2, 0.25) is 0 Å². The van der Waals surface area contributed by atoms with Crippen LogP contribution in [0.15, 0.2) is 0 Å². The Morgan fingerprint density at radius 3 is 0.462 bits per heavy atom. The van der Waals surface area contributed by atoms with Crippen molar-refractivity contribution in [1.82, 2.24) is 5.01 Å². The van der Waals surface area contributed by atoms with Crippen LogP contribution in [0.5, 0.6) is 0 Å². The fourth-order valence-corrected chi connectivity index (χ4v) is 20.2. The highest BCUT2D eigenvalue weighted by atomic mass is 15.4. The first-order valence-electron chi connectivity index (χ1n) is 28.9. The van der Waals surface area contributed by atoms with Crippen molar-refractivity contribution in [2.45, 2.75) is 323 Å². The van der Waals surface area contributed by atoms with Gasteiger partial charge in [0.1, 0.15) is 0 Å². The maximum atomic E-state index is 7.04. The molecular weight excluding hydrogens is 785 g/mol. The summed E-state index contributed by atoms with van der Waals surface area (Å²) in [5.74, 6) is 7.04. The third-order valence-electron chi connectivity index (χ3n) is 29.4. The molecule has 0 spiro atoms. The minimum absolute atomic E-state index is 0.000699. The molecule has 2 N–H and O–H groups in total. The van der Waals surface area contributed by atoms with E-state index in [1.54, 1.807) is 0 Å².